The molecule has 142 valence electrons. The molecule has 0 atom stereocenters. The molecule has 0 amide bonds. The van der Waals surface area contributed by atoms with Crippen LogP contribution in [-0.2, 0) is 4.74 Å². The lowest BCUT2D eigenvalue weighted by Crippen LogP contribution is -2.37. The zero-order chi connectivity index (χ0) is 18.0. The summed E-state index contributed by atoms with van der Waals surface area (Å²) in [7, 11) is 1.70. The fraction of sp³-hybridized carbons (Fsp3) is 0.550. The summed E-state index contributed by atoms with van der Waals surface area (Å²) in [5, 5.41) is 8.13. The third kappa shape index (κ3) is 5.56. The van der Waals surface area contributed by atoms with Crippen LogP contribution in [-0.4, -0.2) is 69.5 Å². The maximum absolute atomic E-state index is 5.39. The van der Waals surface area contributed by atoms with E-state index < -0.39 is 0 Å². The van der Waals surface area contributed by atoms with Gasteiger partial charge in [0.1, 0.15) is 5.75 Å². The van der Waals surface area contributed by atoms with Crippen LogP contribution in [0.5, 0.6) is 5.75 Å². The quantitative estimate of drug-likeness (QED) is 0.636. The van der Waals surface area contributed by atoms with Gasteiger partial charge in [-0.15, -0.1) is 0 Å². The number of hydrogen-bond acceptors (Lipinski definition) is 6. The first-order valence-corrected chi connectivity index (χ1v) is 9.54. The van der Waals surface area contributed by atoms with Crippen molar-refractivity contribution in [2.45, 2.75) is 12.8 Å². The van der Waals surface area contributed by atoms with Gasteiger partial charge in [-0.3, -0.25) is 9.88 Å². The van der Waals surface area contributed by atoms with Crippen LogP contribution in [0.4, 0.5) is 5.69 Å². The SMILES string of the molecule is COc1cc(NCCCNCCCN2CCOCC2)c2ncccc2c1. The van der Waals surface area contributed by atoms with Gasteiger partial charge in [-0.1, -0.05) is 6.07 Å². The molecule has 2 N–H and O–H groups in total. The normalized spacial score (nSPS) is 15.3. The fourth-order valence-electron chi connectivity index (χ4n) is 3.23. The monoisotopic (exact) mass is 358 g/mol. The smallest absolute Gasteiger partial charge is 0.121 e. The Balaban J connectivity index is 1.34. The molecule has 1 aromatic heterocycles. The summed E-state index contributed by atoms with van der Waals surface area (Å²) in [6.07, 6.45) is 4.09. The number of pyridine rings is 1. The Morgan fingerprint density at radius 1 is 1.15 bits per heavy atom. The highest BCUT2D eigenvalue weighted by Gasteiger charge is 2.09. The molecule has 1 aromatic carbocycles. The second-order valence-corrected chi connectivity index (χ2v) is 6.59. The topological polar surface area (TPSA) is 58.7 Å². The predicted octanol–water partition coefficient (Wildman–Crippen LogP) is 2.36. The van der Waals surface area contributed by atoms with Gasteiger partial charge in [-0.25, -0.2) is 0 Å². The summed E-state index contributed by atoms with van der Waals surface area (Å²) in [5.41, 5.74) is 2.03. The summed E-state index contributed by atoms with van der Waals surface area (Å²) in [5.74, 6) is 0.856. The molecule has 26 heavy (non-hydrogen) atoms. The van der Waals surface area contributed by atoms with Crippen LogP contribution in [0.3, 0.4) is 0 Å². The van der Waals surface area contributed by atoms with Crippen LogP contribution in [0.1, 0.15) is 12.8 Å². The number of rotatable bonds is 10. The fourth-order valence-corrected chi connectivity index (χ4v) is 3.23. The van der Waals surface area contributed by atoms with Gasteiger partial charge in [0.05, 0.1) is 31.5 Å². The van der Waals surface area contributed by atoms with Crippen molar-refractivity contribution in [3.05, 3.63) is 30.5 Å². The second-order valence-electron chi connectivity index (χ2n) is 6.59. The van der Waals surface area contributed by atoms with E-state index in [9.17, 15) is 0 Å². The summed E-state index contributed by atoms with van der Waals surface area (Å²) in [4.78, 5) is 6.97. The summed E-state index contributed by atoms with van der Waals surface area (Å²) < 4.78 is 10.8. The maximum atomic E-state index is 5.39. The van der Waals surface area contributed by atoms with E-state index in [2.05, 4.69) is 26.6 Å². The number of morpholine rings is 1. The molecule has 2 aromatic rings. The number of nitrogens with one attached hydrogen (secondary N) is 2. The van der Waals surface area contributed by atoms with Crippen molar-refractivity contribution in [3.63, 3.8) is 0 Å². The molecule has 1 aliphatic heterocycles. The van der Waals surface area contributed by atoms with Crippen molar-refractivity contribution in [1.29, 1.82) is 0 Å². The Labute approximate surface area is 155 Å². The number of nitrogens with zero attached hydrogens (tertiary/aromatic N) is 2. The van der Waals surface area contributed by atoms with Gasteiger partial charge < -0.3 is 20.1 Å². The Morgan fingerprint density at radius 2 is 2.00 bits per heavy atom. The van der Waals surface area contributed by atoms with Crippen molar-refractivity contribution in [2.24, 2.45) is 0 Å². The van der Waals surface area contributed by atoms with E-state index in [1.165, 1.54) is 6.42 Å². The molecular formula is C20H30N4O2. The molecule has 6 heteroatoms. The summed E-state index contributed by atoms with van der Waals surface area (Å²) in [6, 6.07) is 8.05. The molecule has 0 bridgehead atoms. The van der Waals surface area contributed by atoms with E-state index in [0.717, 1.165) is 81.2 Å². The van der Waals surface area contributed by atoms with Gasteiger partial charge >= 0.3 is 0 Å². The van der Waals surface area contributed by atoms with E-state index in [1.54, 1.807) is 7.11 Å². The van der Waals surface area contributed by atoms with Gasteiger partial charge in [0.2, 0.25) is 0 Å². The van der Waals surface area contributed by atoms with Crippen molar-refractivity contribution in [1.82, 2.24) is 15.2 Å². The van der Waals surface area contributed by atoms with Crippen LogP contribution >= 0.6 is 0 Å². The van der Waals surface area contributed by atoms with Crippen molar-refractivity contribution < 1.29 is 9.47 Å². The minimum Gasteiger partial charge on any atom is -0.497 e. The lowest BCUT2D eigenvalue weighted by Gasteiger charge is -2.26. The molecule has 2 heterocycles. The Kier molecular flexibility index (Phi) is 7.49. The molecule has 0 aliphatic carbocycles. The predicted molar refractivity (Wildman–Crippen MR) is 106 cm³/mol. The van der Waals surface area contributed by atoms with Crippen molar-refractivity contribution >= 4 is 16.6 Å². The molecular weight excluding hydrogens is 328 g/mol. The molecule has 3 rings (SSSR count). The summed E-state index contributed by atoms with van der Waals surface area (Å²) >= 11 is 0. The van der Waals surface area contributed by atoms with Gasteiger partial charge in [-0.05, 0) is 44.6 Å². The van der Waals surface area contributed by atoms with E-state index >= 15 is 0 Å². The number of anilines is 1. The molecule has 1 fully saturated rings. The standard InChI is InChI=1S/C20H30N4O2/c1-25-18-15-17-5-2-8-23-20(17)19(16-18)22-9-3-6-21-7-4-10-24-11-13-26-14-12-24/h2,5,8,15-16,21-22H,3-4,6-7,9-14H2,1H3. The first-order chi connectivity index (χ1) is 12.9. The van der Waals surface area contributed by atoms with Gasteiger partial charge in [-0.2, -0.15) is 0 Å². The highest BCUT2D eigenvalue weighted by atomic mass is 16.5. The van der Waals surface area contributed by atoms with Crippen LogP contribution in [0.25, 0.3) is 10.9 Å². The Bertz CT molecular complexity index is 674. The molecule has 0 unspecified atom stereocenters. The minimum atomic E-state index is 0.856. The zero-order valence-electron chi connectivity index (χ0n) is 15.7. The van der Waals surface area contributed by atoms with Gasteiger partial charge in [0.15, 0.2) is 0 Å². The zero-order valence-corrected chi connectivity index (χ0v) is 15.7. The van der Waals surface area contributed by atoms with Gasteiger partial charge in [0, 0.05) is 37.3 Å². The van der Waals surface area contributed by atoms with E-state index in [0.29, 0.717) is 0 Å². The molecule has 6 nitrogen and oxygen atoms in total. The lowest BCUT2D eigenvalue weighted by atomic mass is 10.1. The first kappa shape index (κ1) is 18.9. The Hall–Kier alpha value is -1.89. The number of ether oxygens (including phenoxy) is 2. The van der Waals surface area contributed by atoms with E-state index in [-0.39, 0.29) is 0 Å². The third-order valence-corrected chi connectivity index (χ3v) is 4.69. The highest BCUT2D eigenvalue weighted by Crippen LogP contribution is 2.27. The molecule has 1 aliphatic rings. The highest BCUT2D eigenvalue weighted by molar-refractivity contribution is 5.91. The Morgan fingerprint density at radius 3 is 2.85 bits per heavy atom. The number of benzene rings is 1. The lowest BCUT2D eigenvalue weighted by molar-refractivity contribution is 0.0374. The van der Waals surface area contributed by atoms with E-state index in [4.69, 9.17) is 9.47 Å². The van der Waals surface area contributed by atoms with Crippen molar-refractivity contribution in [2.75, 3.05) is 64.9 Å². The summed E-state index contributed by atoms with van der Waals surface area (Å²) in [6.45, 7) is 8.08. The number of fused-ring (bicyclic) bond motifs is 1. The average Bonchev–Trinajstić information content (AvgIpc) is 2.70. The first-order valence-electron chi connectivity index (χ1n) is 9.54. The van der Waals surface area contributed by atoms with Crippen LogP contribution in [0.2, 0.25) is 0 Å². The second kappa shape index (κ2) is 10.3. The molecule has 0 radical (unpaired) electrons. The van der Waals surface area contributed by atoms with E-state index in [1.807, 2.05) is 24.4 Å². The molecule has 0 spiro atoms. The minimum absolute atomic E-state index is 0.856. The number of methoxy groups -OCH3 is 1. The van der Waals surface area contributed by atoms with Crippen LogP contribution in [0.15, 0.2) is 30.5 Å². The van der Waals surface area contributed by atoms with Crippen molar-refractivity contribution in [3.8, 4) is 5.75 Å². The third-order valence-electron chi connectivity index (χ3n) is 4.69. The van der Waals surface area contributed by atoms with Gasteiger partial charge in [0.25, 0.3) is 0 Å². The maximum Gasteiger partial charge on any atom is 0.121 e. The number of hydrogen-bond donors (Lipinski definition) is 2. The van der Waals surface area contributed by atoms with Crippen LogP contribution < -0.4 is 15.4 Å². The number of aromatic nitrogens is 1. The van der Waals surface area contributed by atoms with Crippen LogP contribution in [0, 0.1) is 0 Å². The largest absolute Gasteiger partial charge is 0.497 e. The average molecular weight is 358 g/mol. The molecule has 1 saturated heterocycles. The molecule has 0 saturated carbocycles.